The van der Waals surface area contributed by atoms with E-state index in [4.69, 9.17) is 4.98 Å². The standard InChI is InChI=1S/C24H33N7OS/c1-18(2)31-16-14-30(15-17-31)13-7-12-25-23(32)28-24-26-20-10-11-21(27-22(20)33-24)29(3)19-8-5-4-6-9-19/h4-6,8-11,18H,7,12-17H2,1-3H3,(H2,25,26,28,32). The molecular weight excluding hydrogens is 434 g/mol. The first-order chi connectivity index (χ1) is 16.0. The molecule has 0 aliphatic carbocycles. The summed E-state index contributed by atoms with van der Waals surface area (Å²) in [5, 5.41) is 6.35. The molecule has 0 radical (unpaired) electrons. The number of piperazine rings is 1. The number of amides is 2. The van der Waals surface area contributed by atoms with Gasteiger partial charge in [-0.1, -0.05) is 29.5 Å². The Morgan fingerprint density at radius 3 is 2.58 bits per heavy atom. The zero-order valence-corrected chi connectivity index (χ0v) is 20.4. The molecule has 9 heteroatoms. The van der Waals surface area contributed by atoms with Crippen LogP contribution >= 0.6 is 11.3 Å². The molecule has 1 fully saturated rings. The molecule has 1 aliphatic heterocycles. The number of pyridine rings is 1. The Morgan fingerprint density at radius 2 is 1.85 bits per heavy atom. The lowest BCUT2D eigenvalue weighted by molar-refractivity contribution is 0.108. The van der Waals surface area contributed by atoms with Gasteiger partial charge in [0.25, 0.3) is 0 Å². The van der Waals surface area contributed by atoms with Crippen molar-refractivity contribution in [3.05, 3.63) is 42.5 Å². The van der Waals surface area contributed by atoms with Crippen molar-refractivity contribution in [2.24, 2.45) is 0 Å². The van der Waals surface area contributed by atoms with Crippen LogP contribution < -0.4 is 15.5 Å². The van der Waals surface area contributed by atoms with E-state index < -0.39 is 0 Å². The van der Waals surface area contributed by atoms with E-state index in [9.17, 15) is 4.79 Å². The number of benzene rings is 1. The van der Waals surface area contributed by atoms with Gasteiger partial charge in [-0.05, 0) is 51.1 Å². The summed E-state index contributed by atoms with van der Waals surface area (Å²) in [6.45, 7) is 10.6. The molecule has 3 aromatic rings. The summed E-state index contributed by atoms with van der Waals surface area (Å²) >= 11 is 1.38. The van der Waals surface area contributed by atoms with E-state index in [-0.39, 0.29) is 6.03 Å². The van der Waals surface area contributed by atoms with Crippen molar-refractivity contribution >= 4 is 44.4 Å². The second kappa shape index (κ2) is 10.9. The second-order valence-electron chi connectivity index (χ2n) is 8.61. The van der Waals surface area contributed by atoms with Crippen LogP contribution in [-0.2, 0) is 0 Å². The lowest BCUT2D eigenvalue weighted by atomic mass is 10.2. The van der Waals surface area contributed by atoms with Gasteiger partial charge in [0.15, 0.2) is 5.13 Å². The first-order valence-corrected chi connectivity index (χ1v) is 12.4. The van der Waals surface area contributed by atoms with E-state index in [0.29, 0.717) is 17.7 Å². The summed E-state index contributed by atoms with van der Waals surface area (Å²) in [5.74, 6) is 0.836. The molecule has 4 rings (SSSR count). The fourth-order valence-electron chi connectivity index (χ4n) is 3.98. The maximum Gasteiger partial charge on any atom is 0.321 e. The molecule has 1 saturated heterocycles. The topological polar surface area (TPSA) is 76.6 Å². The summed E-state index contributed by atoms with van der Waals surface area (Å²) < 4.78 is 0. The summed E-state index contributed by atoms with van der Waals surface area (Å²) in [4.78, 5) is 29.4. The maximum atomic E-state index is 12.3. The Kier molecular flexibility index (Phi) is 7.74. The van der Waals surface area contributed by atoms with Crippen LogP contribution in [-0.4, -0.2) is 78.2 Å². The van der Waals surface area contributed by atoms with E-state index in [0.717, 1.165) is 61.0 Å². The molecule has 3 heterocycles. The second-order valence-corrected chi connectivity index (χ2v) is 9.59. The maximum absolute atomic E-state index is 12.3. The van der Waals surface area contributed by atoms with Crippen molar-refractivity contribution in [3.63, 3.8) is 0 Å². The summed E-state index contributed by atoms with van der Waals surface area (Å²) in [6.07, 6.45) is 0.936. The lowest BCUT2D eigenvalue weighted by Gasteiger charge is -2.36. The smallest absolute Gasteiger partial charge is 0.321 e. The molecule has 176 valence electrons. The highest BCUT2D eigenvalue weighted by molar-refractivity contribution is 7.22. The third kappa shape index (κ3) is 6.19. The van der Waals surface area contributed by atoms with E-state index in [1.807, 2.05) is 54.4 Å². The number of anilines is 3. The molecule has 8 nitrogen and oxygen atoms in total. The summed E-state index contributed by atoms with van der Waals surface area (Å²) in [6, 6.07) is 14.4. The number of rotatable bonds is 8. The fourth-order valence-corrected chi connectivity index (χ4v) is 4.81. The molecule has 0 bridgehead atoms. The molecule has 0 unspecified atom stereocenters. The monoisotopic (exact) mass is 467 g/mol. The minimum Gasteiger partial charge on any atom is -0.338 e. The van der Waals surface area contributed by atoms with E-state index in [1.165, 1.54) is 11.3 Å². The molecular formula is C24H33N7OS. The number of hydrogen-bond acceptors (Lipinski definition) is 7. The highest BCUT2D eigenvalue weighted by Gasteiger charge is 2.18. The summed E-state index contributed by atoms with van der Waals surface area (Å²) in [7, 11) is 1.99. The Morgan fingerprint density at radius 1 is 1.09 bits per heavy atom. The molecule has 2 aromatic heterocycles. The van der Waals surface area contributed by atoms with Crippen LogP contribution in [0, 0.1) is 0 Å². The number of carbonyl (C=O) groups excluding carboxylic acids is 1. The molecule has 2 amide bonds. The number of nitrogens with one attached hydrogen (secondary N) is 2. The van der Waals surface area contributed by atoms with Crippen LogP contribution in [0.4, 0.5) is 21.4 Å². The van der Waals surface area contributed by atoms with Gasteiger partial charge in [0, 0.05) is 51.5 Å². The average molecular weight is 468 g/mol. The third-order valence-corrected chi connectivity index (χ3v) is 6.90. The van der Waals surface area contributed by atoms with Gasteiger partial charge >= 0.3 is 6.03 Å². The number of para-hydroxylation sites is 1. The van der Waals surface area contributed by atoms with Crippen molar-refractivity contribution in [2.45, 2.75) is 26.3 Å². The lowest BCUT2D eigenvalue weighted by Crippen LogP contribution is -2.49. The highest BCUT2D eigenvalue weighted by Crippen LogP contribution is 2.28. The van der Waals surface area contributed by atoms with Gasteiger partial charge in [0.05, 0.1) is 0 Å². The SMILES string of the molecule is CC(C)N1CCN(CCCNC(=O)Nc2nc3ccc(N(C)c4ccccc4)nc3s2)CC1. The Balaban J connectivity index is 1.24. The van der Waals surface area contributed by atoms with E-state index >= 15 is 0 Å². The fraction of sp³-hybridized carbons (Fsp3) is 0.458. The zero-order valence-electron chi connectivity index (χ0n) is 19.6. The Bertz CT molecular complexity index is 1050. The minimum atomic E-state index is -0.222. The van der Waals surface area contributed by atoms with Crippen molar-refractivity contribution in [3.8, 4) is 0 Å². The molecule has 1 aliphatic rings. The van der Waals surface area contributed by atoms with Gasteiger partial charge in [-0.2, -0.15) is 0 Å². The number of thiazole rings is 1. The molecule has 0 saturated carbocycles. The van der Waals surface area contributed by atoms with Crippen molar-refractivity contribution in [1.82, 2.24) is 25.1 Å². The van der Waals surface area contributed by atoms with Gasteiger partial charge in [-0.3, -0.25) is 10.2 Å². The van der Waals surface area contributed by atoms with E-state index in [1.54, 1.807) is 0 Å². The first-order valence-electron chi connectivity index (χ1n) is 11.6. The molecule has 0 atom stereocenters. The van der Waals surface area contributed by atoms with Crippen LogP contribution in [0.15, 0.2) is 42.5 Å². The van der Waals surface area contributed by atoms with E-state index in [2.05, 4.69) is 39.3 Å². The van der Waals surface area contributed by atoms with Gasteiger partial charge < -0.3 is 15.1 Å². The summed E-state index contributed by atoms with van der Waals surface area (Å²) in [5.41, 5.74) is 1.84. The number of aromatic nitrogens is 2. The average Bonchev–Trinajstić information content (AvgIpc) is 3.23. The van der Waals surface area contributed by atoms with Crippen LogP contribution in [0.25, 0.3) is 10.3 Å². The largest absolute Gasteiger partial charge is 0.338 e. The predicted octanol–water partition coefficient (Wildman–Crippen LogP) is 4.00. The van der Waals surface area contributed by atoms with Crippen LogP contribution in [0.1, 0.15) is 20.3 Å². The first kappa shape index (κ1) is 23.4. The molecule has 0 spiro atoms. The number of nitrogens with zero attached hydrogens (tertiary/aromatic N) is 5. The zero-order chi connectivity index (χ0) is 23.2. The van der Waals surface area contributed by atoms with Crippen molar-refractivity contribution in [1.29, 1.82) is 0 Å². The minimum absolute atomic E-state index is 0.222. The molecule has 33 heavy (non-hydrogen) atoms. The molecule has 1 aromatic carbocycles. The predicted molar refractivity (Wildman–Crippen MR) is 137 cm³/mol. The number of hydrogen-bond donors (Lipinski definition) is 2. The quantitative estimate of drug-likeness (QED) is 0.488. The normalized spacial score (nSPS) is 15.2. The van der Waals surface area contributed by atoms with Gasteiger partial charge in [0.2, 0.25) is 0 Å². The van der Waals surface area contributed by atoms with Crippen molar-refractivity contribution in [2.75, 3.05) is 56.5 Å². The van der Waals surface area contributed by atoms with Gasteiger partial charge in [-0.25, -0.2) is 14.8 Å². The van der Waals surface area contributed by atoms with Crippen molar-refractivity contribution < 1.29 is 4.79 Å². The Hall–Kier alpha value is -2.75. The third-order valence-electron chi connectivity index (χ3n) is 6.02. The Labute approximate surface area is 199 Å². The van der Waals surface area contributed by atoms with Crippen LogP contribution in [0.5, 0.6) is 0 Å². The molecule has 2 N–H and O–H groups in total. The number of carbonyl (C=O) groups is 1. The van der Waals surface area contributed by atoms with Crippen LogP contribution in [0.3, 0.4) is 0 Å². The highest BCUT2D eigenvalue weighted by atomic mass is 32.1. The number of urea groups is 1. The van der Waals surface area contributed by atoms with Crippen LogP contribution in [0.2, 0.25) is 0 Å². The number of fused-ring (bicyclic) bond motifs is 1. The van der Waals surface area contributed by atoms with Gasteiger partial charge in [-0.15, -0.1) is 0 Å². The van der Waals surface area contributed by atoms with Gasteiger partial charge in [0.1, 0.15) is 16.2 Å².